The Kier molecular flexibility index (Phi) is 4.93. The summed E-state index contributed by atoms with van der Waals surface area (Å²) in [4.78, 5) is 58.1. The average molecular weight is 416 g/mol. The standard InChI is InChI=1S/C6HCl3N4.C6H4N4O3/c7-4-3-2(10-1-11-4)5(8)13-6(9)12-3;11-4-3-2(7-1-8-4)5(12)10-6(13)9-3/h1H;1H,(H,7,8,11)(H2,9,10,12,13). The van der Waals surface area contributed by atoms with Gasteiger partial charge in [-0.25, -0.2) is 29.7 Å². The maximum Gasteiger partial charge on any atom is 0.326 e. The van der Waals surface area contributed by atoms with Gasteiger partial charge in [-0.3, -0.25) is 14.6 Å². The van der Waals surface area contributed by atoms with Crippen molar-refractivity contribution in [2.24, 2.45) is 0 Å². The molecule has 0 aliphatic heterocycles. The van der Waals surface area contributed by atoms with Crippen LogP contribution in [-0.2, 0) is 0 Å². The van der Waals surface area contributed by atoms with Gasteiger partial charge in [-0.15, -0.1) is 0 Å². The molecule has 4 aromatic heterocycles. The topological polar surface area (TPSA) is 163 Å². The third-order valence-corrected chi connectivity index (χ3v) is 3.61. The highest BCUT2D eigenvalue weighted by atomic mass is 35.5. The SMILES string of the molecule is Clc1nc(Cl)c2ncnc(Cl)c2n1.O=c1[nH]c(=O)c2nc[nH]c(=O)c2[nH]1. The molecule has 0 saturated heterocycles. The summed E-state index contributed by atoms with van der Waals surface area (Å²) >= 11 is 17.1. The van der Waals surface area contributed by atoms with E-state index in [0.29, 0.717) is 11.0 Å². The van der Waals surface area contributed by atoms with E-state index in [9.17, 15) is 14.4 Å². The molecule has 0 bridgehead atoms. The Morgan fingerprint density at radius 1 is 0.769 bits per heavy atom. The van der Waals surface area contributed by atoms with Gasteiger partial charge in [0.2, 0.25) is 5.28 Å². The summed E-state index contributed by atoms with van der Waals surface area (Å²) in [6, 6.07) is 0. The summed E-state index contributed by atoms with van der Waals surface area (Å²) in [5, 5.41) is 0.393. The maximum atomic E-state index is 11.1. The molecular weight excluding hydrogens is 411 g/mol. The molecule has 4 rings (SSSR count). The van der Waals surface area contributed by atoms with Crippen molar-refractivity contribution in [2.75, 3.05) is 0 Å². The molecular formula is C12H5Cl3N8O3. The summed E-state index contributed by atoms with van der Waals surface area (Å²) in [6.45, 7) is 0. The predicted molar refractivity (Wildman–Crippen MR) is 93.8 cm³/mol. The molecule has 4 aromatic rings. The second-order valence-corrected chi connectivity index (χ2v) is 5.56. The van der Waals surface area contributed by atoms with E-state index in [1.807, 2.05) is 4.98 Å². The van der Waals surface area contributed by atoms with Gasteiger partial charge in [-0.05, 0) is 11.6 Å². The zero-order chi connectivity index (χ0) is 18.8. The van der Waals surface area contributed by atoms with Gasteiger partial charge in [0.05, 0.1) is 6.33 Å². The Morgan fingerprint density at radius 2 is 1.54 bits per heavy atom. The van der Waals surface area contributed by atoms with E-state index in [2.05, 4.69) is 34.9 Å². The zero-order valence-corrected chi connectivity index (χ0v) is 14.5. The summed E-state index contributed by atoms with van der Waals surface area (Å²) in [7, 11) is 0. The number of nitrogens with zero attached hydrogens (tertiary/aromatic N) is 5. The molecule has 3 N–H and O–H groups in total. The van der Waals surface area contributed by atoms with Crippen LogP contribution in [0.5, 0.6) is 0 Å². The number of nitrogens with one attached hydrogen (secondary N) is 3. The number of aromatic nitrogens is 8. The molecule has 132 valence electrons. The van der Waals surface area contributed by atoms with Crippen LogP contribution in [0.25, 0.3) is 22.1 Å². The molecule has 0 spiro atoms. The van der Waals surface area contributed by atoms with Crippen molar-refractivity contribution in [1.29, 1.82) is 0 Å². The molecule has 0 aliphatic rings. The van der Waals surface area contributed by atoms with Crippen LogP contribution in [0.2, 0.25) is 15.6 Å². The lowest BCUT2D eigenvalue weighted by Crippen LogP contribution is -2.26. The van der Waals surface area contributed by atoms with Crippen molar-refractivity contribution in [3.05, 3.63) is 59.4 Å². The summed E-state index contributed by atoms with van der Waals surface area (Å²) in [5.74, 6) is 0. The Labute approximate surface area is 156 Å². The van der Waals surface area contributed by atoms with Gasteiger partial charge in [0.15, 0.2) is 15.8 Å². The van der Waals surface area contributed by atoms with Crippen LogP contribution in [0.4, 0.5) is 0 Å². The minimum absolute atomic E-state index is 0.0224. The summed E-state index contributed by atoms with van der Waals surface area (Å²) < 4.78 is 0. The third-order valence-electron chi connectivity index (χ3n) is 2.90. The average Bonchev–Trinajstić information content (AvgIpc) is 2.57. The smallest absolute Gasteiger partial charge is 0.311 e. The van der Waals surface area contributed by atoms with Gasteiger partial charge in [-0.2, -0.15) is 0 Å². The second-order valence-electron chi connectivity index (χ2n) is 4.51. The highest BCUT2D eigenvalue weighted by molar-refractivity contribution is 6.38. The van der Waals surface area contributed by atoms with Gasteiger partial charge in [-0.1, -0.05) is 23.2 Å². The number of hydrogen-bond donors (Lipinski definition) is 3. The van der Waals surface area contributed by atoms with Gasteiger partial charge >= 0.3 is 5.69 Å². The molecule has 26 heavy (non-hydrogen) atoms. The fourth-order valence-electron chi connectivity index (χ4n) is 1.85. The van der Waals surface area contributed by atoms with Crippen LogP contribution in [-0.4, -0.2) is 39.9 Å². The quantitative estimate of drug-likeness (QED) is 0.279. The highest BCUT2D eigenvalue weighted by Crippen LogP contribution is 2.23. The monoisotopic (exact) mass is 414 g/mol. The van der Waals surface area contributed by atoms with Crippen molar-refractivity contribution >= 4 is 56.9 Å². The van der Waals surface area contributed by atoms with Crippen molar-refractivity contribution in [2.45, 2.75) is 0 Å². The molecule has 0 fully saturated rings. The molecule has 0 unspecified atom stereocenters. The van der Waals surface area contributed by atoms with Gasteiger partial charge in [0, 0.05) is 0 Å². The van der Waals surface area contributed by atoms with E-state index in [1.54, 1.807) is 0 Å². The van der Waals surface area contributed by atoms with E-state index < -0.39 is 16.8 Å². The molecule has 14 heteroatoms. The van der Waals surface area contributed by atoms with Crippen molar-refractivity contribution in [1.82, 2.24) is 39.9 Å². The predicted octanol–water partition coefficient (Wildman–Crippen LogP) is 0.680. The summed E-state index contributed by atoms with van der Waals surface area (Å²) in [6.07, 6.45) is 2.38. The van der Waals surface area contributed by atoms with Gasteiger partial charge in [0.1, 0.15) is 22.9 Å². The maximum absolute atomic E-state index is 11.1. The molecule has 0 aliphatic carbocycles. The molecule has 4 heterocycles. The molecule has 0 radical (unpaired) electrons. The zero-order valence-electron chi connectivity index (χ0n) is 12.2. The first-order valence-corrected chi connectivity index (χ1v) is 7.69. The fraction of sp³-hybridized carbons (Fsp3) is 0. The number of hydrogen-bond acceptors (Lipinski definition) is 8. The van der Waals surface area contributed by atoms with Gasteiger partial charge < -0.3 is 9.97 Å². The van der Waals surface area contributed by atoms with Crippen LogP contribution < -0.4 is 16.8 Å². The third kappa shape index (κ3) is 3.54. The van der Waals surface area contributed by atoms with E-state index in [4.69, 9.17) is 34.8 Å². The number of rotatable bonds is 0. The molecule has 0 atom stereocenters. The number of aromatic amines is 3. The first kappa shape index (κ1) is 17.9. The summed E-state index contributed by atoms with van der Waals surface area (Å²) in [5.41, 5.74) is -1.39. The lowest BCUT2D eigenvalue weighted by molar-refractivity contribution is 1.04. The van der Waals surface area contributed by atoms with Crippen molar-refractivity contribution < 1.29 is 0 Å². The first-order chi connectivity index (χ1) is 12.4. The van der Waals surface area contributed by atoms with Crippen LogP contribution >= 0.6 is 34.8 Å². The number of halogens is 3. The first-order valence-electron chi connectivity index (χ1n) is 6.56. The minimum atomic E-state index is -0.726. The lowest BCUT2D eigenvalue weighted by atomic mass is 10.4. The second kappa shape index (κ2) is 7.15. The molecule has 0 aromatic carbocycles. The van der Waals surface area contributed by atoms with Crippen LogP contribution in [0.3, 0.4) is 0 Å². The highest BCUT2D eigenvalue weighted by Gasteiger charge is 2.09. The molecule has 0 amide bonds. The lowest BCUT2D eigenvalue weighted by Gasteiger charge is -1.98. The van der Waals surface area contributed by atoms with Crippen molar-refractivity contribution in [3.63, 3.8) is 0 Å². The molecule has 11 nitrogen and oxygen atoms in total. The normalized spacial score (nSPS) is 10.6. The van der Waals surface area contributed by atoms with Crippen LogP contribution in [0, 0.1) is 0 Å². The Hall–Kier alpha value is -2.89. The van der Waals surface area contributed by atoms with Gasteiger partial charge in [0.25, 0.3) is 11.1 Å². The number of fused-ring (bicyclic) bond motifs is 2. The van der Waals surface area contributed by atoms with E-state index in [-0.39, 0.29) is 26.6 Å². The fourth-order valence-corrected chi connectivity index (χ4v) is 2.46. The Morgan fingerprint density at radius 3 is 2.31 bits per heavy atom. The largest absolute Gasteiger partial charge is 0.326 e. The number of H-pyrrole nitrogens is 3. The Bertz CT molecular complexity index is 1300. The minimum Gasteiger partial charge on any atom is -0.311 e. The molecule has 0 saturated carbocycles. The van der Waals surface area contributed by atoms with Crippen LogP contribution in [0.15, 0.2) is 27.0 Å². The van der Waals surface area contributed by atoms with E-state index in [0.717, 1.165) is 6.33 Å². The van der Waals surface area contributed by atoms with Crippen LogP contribution in [0.1, 0.15) is 0 Å². The van der Waals surface area contributed by atoms with Crippen molar-refractivity contribution in [3.8, 4) is 0 Å². The Balaban J connectivity index is 0.000000151. The van der Waals surface area contributed by atoms with E-state index in [1.165, 1.54) is 6.33 Å². The van der Waals surface area contributed by atoms with E-state index >= 15 is 0 Å².